The van der Waals surface area contributed by atoms with Crippen LogP contribution in [0.1, 0.15) is 35.8 Å². The molecule has 3 nitrogen and oxygen atoms in total. The number of hydrogen-bond donors (Lipinski definition) is 0. The first kappa shape index (κ1) is 22.3. The van der Waals surface area contributed by atoms with E-state index in [2.05, 4.69) is 11.8 Å². The lowest BCUT2D eigenvalue weighted by Gasteiger charge is -2.29. The van der Waals surface area contributed by atoms with Crippen LogP contribution in [-0.4, -0.2) is 26.9 Å². The minimum atomic E-state index is -0.805. The van der Waals surface area contributed by atoms with Gasteiger partial charge in [-0.15, -0.1) is 0 Å². The Morgan fingerprint density at radius 2 is 1.59 bits per heavy atom. The molecule has 0 N–H and O–H groups in total. The van der Waals surface area contributed by atoms with Crippen molar-refractivity contribution in [3.63, 3.8) is 0 Å². The Kier molecular flexibility index (Phi) is 7.11. The van der Waals surface area contributed by atoms with E-state index in [9.17, 15) is 13.2 Å². The van der Waals surface area contributed by atoms with Crippen LogP contribution in [-0.2, 0) is 14.2 Å². The van der Waals surface area contributed by atoms with Gasteiger partial charge in [-0.25, -0.2) is 13.2 Å². The zero-order chi connectivity index (χ0) is 22.5. The molecule has 1 saturated heterocycles. The molecule has 0 aliphatic carbocycles. The molecular formula is C26H23F3O3. The highest BCUT2D eigenvalue weighted by Gasteiger charge is 2.25. The zero-order valence-electron chi connectivity index (χ0n) is 17.7. The third-order valence-electron chi connectivity index (χ3n) is 5.40. The fourth-order valence-corrected chi connectivity index (χ4v) is 3.70. The Labute approximate surface area is 185 Å². The van der Waals surface area contributed by atoms with Gasteiger partial charge in [-0.2, -0.15) is 0 Å². The van der Waals surface area contributed by atoms with Gasteiger partial charge in [0.1, 0.15) is 17.5 Å². The topological polar surface area (TPSA) is 27.7 Å². The van der Waals surface area contributed by atoms with E-state index < -0.39 is 17.9 Å². The second kappa shape index (κ2) is 10.2. The number of methoxy groups -OCH3 is 1. The maximum atomic E-state index is 14.6. The molecule has 1 heterocycles. The smallest absolute Gasteiger partial charge is 0.184 e. The fraction of sp³-hybridized carbons (Fsp3) is 0.308. The molecule has 1 aliphatic rings. The van der Waals surface area contributed by atoms with Crippen molar-refractivity contribution >= 4 is 10.8 Å². The number of ether oxygens (including phenoxy) is 3. The van der Waals surface area contributed by atoms with Gasteiger partial charge < -0.3 is 14.2 Å². The van der Waals surface area contributed by atoms with Gasteiger partial charge in [-0.3, -0.25) is 0 Å². The maximum Gasteiger partial charge on any atom is 0.184 e. The average molecular weight is 440 g/mol. The molecule has 0 atom stereocenters. The van der Waals surface area contributed by atoms with Crippen molar-refractivity contribution in [2.45, 2.75) is 19.1 Å². The molecule has 0 radical (unpaired) electrons. The Morgan fingerprint density at radius 1 is 0.906 bits per heavy atom. The van der Waals surface area contributed by atoms with Crippen LogP contribution in [0.15, 0.2) is 48.5 Å². The highest BCUT2D eigenvalue weighted by Crippen LogP contribution is 2.29. The van der Waals surface area contributed by atoms with E-state index in [4.69, 9.17) is 14.2 Å². The molecule has 4 rings (SSSR count). The Balaban J connectivity index is 1.47. The van der Waals surface area contributed by atoms with Crippen molar-refractivity contribution < 1.29 is 27.4 Å². The highest BCUT2D eigenvalue weighted by molar-refractivity contribution is 5.84. The normalized spacial score (nSPS) is 18.4. The Bertz CT molecular complexity index is 1130. The standard InChI is InChI=1S/C26H23F3O3/c1-30-10-2-3-18-15-31-26(32-16-18)21-13-24(28)23(25(29)14-21)9-5-17-4-6-20-12-22(27)8-7-19(20)11-17/h4,6-8,11-14,18,26H,2-3,10,15-16H2,1H3. The third kappa shape index (κ3) is 5.31. The monoisotopic (exact) mass is 440 g/mol. The summed E-state index contributed by atoms with van der Waals surface area (Å²) in [6.45, 7) is 1.60. The van der Waals surface area contributed by atoms with Gasteiger partial charge in [0, 0.05) is 30.8 Å². The molecule has 0 amide bonds. The quantitative estimate of drug-likeness (QED) is 0.374. The summed E-state index contributed by atoms with van der Waals surface area (Å²) in [4.78, 5) is 0. The summed E-state index contributed by atoms with van der Waals surface area (Å²) in [7, 11) is 1.66. The number of halogens is 3. The summed E-state index contributed by atoms with van der Waals surface area (Å²) in [5.41, 5.74) is 0.542. The van der Waals surface area contributed by atoms with E-state index in [1.807, 2.05) is 0 Å². The van der Waals surface area contributed by atoms with Crippen molar-refractivity contribution in [2.24, 2.45) is 5.92 Å². The van der Waals surface area contributed by atoms with Crippen LogP contribution < -0.4 is 0 Å². The first-order chi connectivity index (χ1) is 15.5. The maximum absolute atomic E-state index is 14.6. The lowest BCUT2D eigenvalue weighted by Crippen LogP contribution is -2.27. The van der Waals surface area contributed by atoms with Crippen molar-refractivity contribution in [2.75, 3.05) is 26.9 Å². The van der Waals surface area contributed by atoms with Crippen LogP contribution in [0.25, 0.3) is 10.8 Å². The molecule has 3 aromatic carbocycles. The first-order valence-corrected chi connectivity index (χ1v) is 10.5. The Hall–Kier alpha value is -2.85. The summed E-state index contributed by atoms with van der Waals surface area (Å²) in [5.74, 6) is 3.72. The van der Waals surface area contributed by atoms with Crippen LogP contribution in [0.5, 0.6) is 0 Å². The lowest BCUT2D eigenvalue weighted by atomic mass is 10.0. The molecule has 166 valence electrons. The minimum absolute atomic E-state index is 0.236. The van der Waals surface area contributed by atoms with Crippen LogP contribution in [0, 0.1) is 35.2 Å². The predicted molar refractivity (Wildman–Crippen MR) is 115 cm³/mol. The number of hydrogen-bond acceptors (Lipinski definition) is 3. The number of rotatable bonds is 5. The van der Waals surface area contributed by atoms with Crippen LogP contribution in [0.2, 0.25) is 0 Å². The van der Waals surface area contributed by atoms with Crippen molar-refractivity contribution in [1.29, 1.82) is 0 Å². The second-order valence-electron chi connectivity index (χ2n) is 7.82. The van der Waals surface area contributed by atoms with Gasteiger partial charge in [0.2, 0.25) is 0 Å². The van der Waals surface area contributed by atoms with E-state index in [0.29, 0.717) is 25.4 Å². The van der Waals surface area contributed by atoms with Gasteiger partial charge in [0.15, 0.2) is 6.29 Å². The summed E-state index contributed by atoms with van der Waals surface area (Å²) in [6, 6.07) is 12.0. The second-order valence-corrected chi connectivity index (χ2v) is 7.82. The van der Waals surface area contributed by atoms with Crippen molar-refractivity contribution in [3.8, 4) is 11.8 Å². The molecule has 32 heavy (non-hydrogen) atoms. The molecule has 0 spiro atoms. The fourth-order valence-electron chi connectivity index (χ4n) is 3.70. The highest BCUT2D eigenvalue weighted by atomic mass is 19.1. The molecule has 0 aromatic heterocycles. The molecule has 6 heteroatoms. The van der Waals surface area contributed by atoms with E-state index in [1.165, 1.54) is 24.3 Å². The van der Waals surface area contributed by atoms with Gasteiger partial charge >= 0.3 is 0 Å². The molecule has 1 aliphatic heterocycles. The molecule has 0 bridgehead atoms. The van der Waals surface area contributed by atoms with Crippen LogP contribution >= 0.6 is 0 Å². The first-order valence-electron chi connectivity index (χ1n) is 10.5. The average Bonchev–Trinajstić information content (AvgIpc) is 2.79. The van der Waals surface area contributed by atoms with Crippen LogP contribution in [0.3, 0.4) is 0 Å². The van der Waals surface area contributed by atoms with E-state index in [1.54, 1.807) is 31.4 Å². The molecule has 3 aromatic rings. The molecule has 0 unspecified atom stereocenters. The van der Waals surface area contributed by atoms with Gasteiger partial charge in [-0.05, 0) is 60.0 Å². The summed E-state index contributed by atoms with van der Waals surface area (Å²) >= 11 is 0. The molecule has 0 saturated carbocycles. The van der Waals surface area contributed by atoms with E-state index in [-0.39, 0.29) is 22.9 Å². The largest absolute Gasteiger partial charge is 0.385 e. The Morgan fingerprint density at radius 3 is 2.31 bits per heavy atom. The number of fused-ring (bicyclic) bond motifs is 1. The van der Waals surface area contributed by atoms with Gasteiger partial charge in [0.05, 0.1) is 18.8 Å². The van der Waals surface area contributed by atoms with Gasteiger partial charge in [-0.1, -0.05) is 24.0 Å². The summed E-state index contributed by atoms with van der Waals surface area (Å²) in [6.07, 6.45) is 1.01. The SMILES string of the molecule is COCCCC1COC(c2cc(F)c(C#Cc3ccc4cc(F)ccc4c3)c(F)c2)OC1. The predicted octanol–water partition coefficient (Wildman–Crippen LogP) is 5.75. The summed E-state index contributed by atoms with van der Waals surface area (Å²) in [5, 5.41) is 1.52. The van der Waals surface area contributed by atoms with Gasteiger partial charge in [0.25, 0.3) is 0 Å². The van der Waals surface area contributed by atoms with E-state index >= 15 is 0 Å². The summed E-state index contributed by atoms with van der Waals surface area (Å²) < 4.78 is 59.0. The van der Waals surface area contributed by atoms with Crippen molar-refractivity contribution in [1.82, 2.24) is 0 Å². The van der Waals surface area contributed by atoms with Crippen molar-refractivity contribution in [3.05, 3.63) is 82.7 Å². The third-order valence-corrected chi connectivity index (χ3v) is 5.40. The lowest BCUT2D eigenvalue weighted by molar-refractivity contribution is -0.206. The molecule has 1 fully saturated rings. The number of benzene rings is 3. The zero-order valence-corrected chi connectivity index (χ0v) is 17.7. The van der Waals surface area contributed by atoms with Crippen LogP contribution in [0.4, 0.5) is 13.2 Å². The van der Waals surface area contributed by atoms with E-state index in [0.717, 1.165) is 23.6 Å². The molecular weight excluding hydrogens is 417 g/mol. The minimum Gasteiger partial charge on any atom is -0.385 e.